The van der Waals surface area contributed by atoms with Crippen LogP contribution in [0.3, 0.4) is 0 Å². The molecule has 3 aromatic heterocycles. The van der Waals surface area contributed by atoms with E-state index in [2.05, 4.69) is 14.5 Å². The Morgan fingerprint density at radius 3 is 3.06 bits per heavy atom. The van der Waals surface area contributed by atoms with E-state index in [1.165, 1.54) is 11.5 Å². The maximum absolute atomic E-state index is 5.20. The Morgan fingerprint density at radius 1 is 1.33 bits per heavy atom. The number of aromatic nitrogens is 4. The fraction of sp³-hybridized carbons (Fsp3) is 0.0833. The smallest absolute Gasteiger partial charge is 0.233 e. The van der Waals surface area contributed by atoms with Crippen LogP contribution in [0.4, 0.5) is 0 Å². The summed E-state index contributed by atoms with van der Waals surface area (Å²) >= 11 is 1.37. The number of ether oxygens (including phenoxy) is 1. The number of hydrogen-bond donors (Lipinski definition) is 0. The van der Waals surface area contributed by atoms with E-state index in [0.29, 0.717) is 5.88 Å². The van der Waals surface area contributed by atoms with Crippen molar-refractivity contribution >= 4 is 11.5 Å². The molecule has 18 heavy (non-hydrogen) atoms. The molecule has 0 saturated heterocycles. The van der Waals surface area contributed by atoms with Gasteiger partial charge in [0.25, 0.3) is 0 Å². The molecule has 3 aromatic rings. The van der Waals surface area contributed by atoms with E-state index in [4.69, 9.17) is 4.74 Å². The first-order chi connectivity index (χ1) is 8.88. The van der Waals surface area contributed by atoms with Crippen LogP contribution in [-0.2, 0) is 0 Å². The number of hydrogen-bond acceptors (Lipinski definition) is 5. The standard InChI is InChI=1S/C12H10N4OS/c1-17-12-11(8-18-15-12)9-5-14-16(7-9)10-3-2-4-13-6-10/h2-8H,1H3. The van der Waals surface area contributed by atoms with Crippen LogP contribution in [0.25, 0.3) is 16.8 Å². The van der Waals surface area contributed by atoms with Crippen molar-refractivity contribution in [2.24, 2.45) is 0 Å². The molecular formula is C12H10N4OS. The highest BCUT2D eigenvalue weighted by Gasteiger charge is 2.11. The van der Waals surface area contributed by atoms with Crippen LogP contribution in [0.15, 0.2) is 42.3 Å². The third-order valence-corrected chi connectivity index (χ3v) is 3.15. The third kappa shape index (κ3) is 1.86. The highest BCUT2D eigenvalue weighted by atomic mass is 32.1. The lowest BCUT2D eigenvalue weighted by atomic mass is 10.2. The number of pyridine rings is 1. The Labute approximate surface area is 108 Å². The lowest BCUT2D eigenvalue weighted by molar-refractivity contribution is 0.404. The van der Waals surface area contributed by atoms with Gasteiger partial charge in [0, 0.05) is 23.3 Å². The van der Waals surface area contributed by atoms with Gasteiger partial charge in [0.05, 0.1) is 30.8 Å². The molecule has 0 spiro atoms. The summed E-state index contributed by atoms with van der Waals surface area (Å²) in [7, 11) is 1.62. The van der Waals surface area contributed by atoms with Crippen molar-refractivity contribution in [2.45, 2.75) is 0 Å². The van der Waals surface area contributed by atoms with Gasteiger partial charge < -0.3 is 4.74 Å². The van der Waals surface area contributed by atoms with Gasteiger partial charge in [-0.05, 0) is 23.7 Å². The van der Waals surface area contributed by atoms with Crippen LogP contribution in [-0.4, -0.2) is 26.2 Å². The van der Waals surface area contributed by atoms with Gasteiger partial charge in [0.2, 0.25) is 5.88 Å². The van der Waals surface area contributed by atoms with Crippen molar-refractivity contribution in [2.75, 3.05) is 7.11 Å². The van der Waals surface area contributed by atoms with Gasteiger partial charge >= 0.3 is 0 Å². The molecule has 6 heteroatoms. The third-order valence-electron chi connectivity index (χ3n) is 2.53. The average Bonchev–Trinajstić information content (AvgIpc) is 3.08. The Hall–Kier alpha value is -2.21. The van der Waals surface area contributed by atoms with Gasteiger partial charge in [0.15, 0.2) is 0 Å². The van der Waals surface area contributed by atoms with Crippen molar-refractivity contribution in [1.29, 1.82) is 0 Å². The molecule has 0 aliphatic carbocycles. The summed E-state index contributed by atoms with van der Waals surface area (Å²) < 4.78 is 11.1. The molecule has 0 N–H and O–H groups in total. The van der Waals surface area contributed by atoms with E-state index in [-0.39, 0.29) is 0 Å². The summed E-state index contributed by atoms with van der Waals surface area (Å²) in [5.74, 6) is 0.630. The highest BCUT2D eigenvalue weighted by molar-refractivity contribution is 7.04. The van der Waals surface area contributed by atoms with Crippen molar-refractivity contribution < 1.29 is 4.74 Å². The van der Waals surface area contributed by atoms with Crippen molar-refractivity contribution in [1.82, 2.24) is 19.1 Å². The molecular weight excluding hydrogens is 248 g/mol. The van der Waals surface area contributed by atoms with Gasteiger partial charge in [-0.1, -0.05) is 0 Å². The lowest BCUT2D eigenvalue weighted by Gasteiger charge is -1.99. The maximum Gasteiger partial charge on any atom is 0.233 e. The first kappa shape index (κ1) is 10.9. The van der Waals surface area contributed by atoms with Crippen LogP contribution in [0, 0.1) is 0 Å². The van der Waals surface area contributed by atoms with Gasteiger partial charge in [-0.3, -0.25) is 4.98 Å². The van der Waals surface area contributed by atoms with Crippen LogP contribution < -0.4 is 4.74 Å². The number of methoxy groups -OCH3 is 1. The van der Waals surface area contributed by atoms with E-state index in [9.17, 15) is 0 Å². The second-order valence-corrected chi connectivity index (χ2v) is 4.25. The summed E-state index contributed by atoms with van der Waals surface area (Å²) in [6.07, 6.45) is 7.22. The number of nitrogens with zero attached hydrogens (tertiary/aromatic N) is 4. The molecule has 0 radical (unpaired) electrons. The van der Waals surface area contributed by atoms with E-state index < -0.39 is 0 Å². The zero-order valence-corrected chi connectivity index (χ0v) is 10.5. The molecule has 5 nitrogen and oxygen atoms in total. The largest absolute Gasteiger partial charge is 0.480 e. The normalized spacial score (nSPS) is 10.5. The molecule has 0 unspecified atom stereocenters. The van der Waals surface area contributed by atoms with Crippen LogP contribution >= 0.6 is 11.5 Å². The fourth-order valence-electron chi connectivity index (χ4n) is 1.66. The van der Waals surface area contributed by atoms with Gasteiger partial charge in [-0.2, -0.15) is 9.47 Å². The average molecular weight is 258 g/mol. The van der Waals surface area contributed by atoms with E-state index in [1.54, 1.807) is 30.4 Å². The summed E-state index contributed by atoms with van der Waals surface area (Å²) in [5, 5.41) is 6.26. The number of rotatable bonds is 3. The summed E-state index contributed by atoms with van der Waals surface area (Å²) in [4.78, 5) is 4.07. The van der Waals surface area contributed by atoms with Crippen molar-refractivity contribution in [3.63, 3.8) is 0 Å². The minimum Gasteiger partial charge on any atom is -0.480 e. The highest BCUT2D eigenvalue weighted by Crippen LogP contribution is 2.30. The van der Waals surface area contributed by atoms with Crippen LogP contribution in [0.2, 0.25) is 0 Å². The summed E-state index contributed by atoms with van der Waals surface area (Å²) in [6, 6.07) is 3.83. The zero-order valence-electron chi connectivity index (χ0n) is 9.65. The van der Waals surface area contributed by atoms with Crippen LogP contribution in [0.5, 0.6) is 5.88 Å². The molecule has 0 aromatic carbocycles. The minimum atomic E-state index is 0.630. The van der Waals surface area contributed by atoms with Gasteiger partial charge in [0.1, 0.15) is 0 Å². The van der Waals surface area contributed by atoms with Crippen molar-refractivity contribution in [3.05, 3.63) is 42.3 Å². The predicted molar refractivity (Wildman–Crippen MR) is 69.0 cm³/mol. The predicted octanol–water partition coefficient (Wildman–Crippen LogP) is 2.40. The molecule has 0 aliphatic rings. The molecule has 3 rings (SSSR count). The molecule has 0 bridgehead atoms. The molecule has 90 valence electrons. The minimum absolute atomic E-state index is 0.630. The van der Waals surface area contributed by atoms with E-state index in [0.717, 1.165) is 16.8 Å². The summed E-state index contributed by atoms with van der Waals surface area (Å²) in [6.45, 7) is 0. The first-order valence-corrected chi connectivity index (χ1v) is 6.16. The summed E-state index contributed by atoms with van der Waals surface area (Å²) in [5.41, 5.74) is 2.85. The second-order valence-electron chi connectivity index (χ2n) is 3.62. The van der Waals surface area contributed by atoms with Gasteiger partial charge in [-0.25, -0.2) is 4.68 Å². The zero-order chi connectivity index (χ0) is 12.4. The first-order valence-electron chi connectivity index (χ1n) is 5.32. The molecule has 0 amide bonds. The molecule has 0 fully saturated rings. The molecule has 3 heterocycles. The Kier molecular flexibility index (Phi) is 2.77. The molecule has 0 saturated carbocycles. The van der Waals surface area contributed by atoms with E-state index in [1.807, 2.05) is 23.7 Å². The maximum atomic E-state index is 5.20. The Morgan fingerprint density at radius 2 is 2.28 bits per heavy atom. The van der Waals surface area contributed by atoms with Crippen LogP contribution in [0.1, 0.15) is 0 Å². The van der Waals surface area contributed by atoms with Crippen molar-refractivity contribution in [3.8, 4) is 22.7 Å². The molecule has 0 atom stereocenters. The second kappa shape index (κ2) is 4.58. The monoisotopic (exact) mass is 258 g/mol. The SMILES string of the molecule is COc1nscc1-c1cnn(-c2cccnc2)c1. The lowest BCUT2D eigenvalue weighted by Crippen LogP contribution is -1.93. The van der Waals surface area contributed by atoms with Gasteiger partial charge in [-0.15, -0.1) is 0 Å². The Balaban J connectivity index is 2.00. The fourth-order valence-corrected chi connectivity index (χ4v) is 2.32. The van der Waals surface area contributed by atoms with E-state index >= 15 is 0 Å². The topological polar surface area (TPSA) is 52.8 Å². The quantitative estimate of drug-likeness (QED) is 0.724. The Bertz CT molecular complexity index is 647. The molecule has 0 aliphatic heterocycles.